The van der Waals surface area contributed by atoms with Crippen molar-refractivity contribution in [2.75, 3.05) is 19.6 Å². The van der Waals surface area contributed by atoms with Gasteiger partial charge >= 0.3 is 12.1 Å². The van der Waals surface area contributed by atoms with Gasteiger partial charge in [-0.25, -0.2) is 4.79 Å². The van der Waals surface area contributed by atoms with Crippen LogP contribution < -0.4 is 5.32 Å². The zero-order valence-electron chi connectivity index (χ0n) is 11.3. The maximum atomic E-state index is 11.4. The van der Waals surface area contributed by atoms with Crippen LogP contribution >= 0.6 is 0 Å². The van der Waals surface area contributed by atoms with E-state index >= 15 is 0 Å². The summed E-state index contributed by atoms with van der Waals surface area (Å²) in [7, 11) is 0. The molecule has 0 aliphatic carbocycles. The van der Waals surface area contributed by atoms with E-state index in [1.807, 2.05) is 0 Å². The van der Waals surface area contributed by atoms with E-state index in [-0.39, 0.29) is 18.9 Å². The predicted octanol–water partition coefficient (Wildman–Crippen LogP) is 1.46. The van der Waals surface area contributed by atoms with Crippen molar-refractivity contribution in [2.24, 2.45) is 0 Å². The Morgan fingerprint density at radius 2 is 1.83 bits per heavy atom. The van der Waals surface area contributed by atoms with E-state index in [2.05, 4.69) is 5.32 Å². The Morgan fingerprint density at radius 3 is 2.39 bits per heavy atom. The third-order valence-electron chi connectivity index (χ3n) is 2.29. The SMILES string of the molecule is CC(C)(C)OC(=O)NCCC(=O)ON1CCCC1. The summed E-state index contributed by atoms with van der Waals surface area (Å²) in [4.78, 5) is 27.8. The molecule has 0 bridgehead atoms. The lowest BCUT2D eigenvalue weighted by Gasteiger charge is -2.19. The molecule has 0 unspecified atom stereocenters. The minimum Gasteiger partial charge on any atom is -0.444 e. The van der Waals surface area contributed by atoms with E-state index in [1.54, 1.807) is 25.8 Å². The average Bonchev–Trinajstić information content (AvgIpc) is 2.67. The first kappa shape index (κ1) is 14.8. The Balaban J connectivity index is 2.09. The maximum Gasteiger partial charge on any atom is 0.407 e. The molecule has 0 aromatic rings. The van der Waals surface area contributed by atoms with Crippen LogP contribution in [0.1, 0.15) is 40.0 Å². The lowest BCUT2D eigenvalue weighted by molar-refractivity contribution is -0.185. The quantitative estimate of drug-likeness (QED) is 0.826. The fourth-order valence-corrected chi connectivity index (χ4v) is 1.55. The van der Waals surface area contributed by atoms with E-state index in [0.29, 0.717) is 0 Å². The first-order chi connectivity index (χ1) is 8.37. The molecule has 0 aromatic carbocycles. The van der Waals surface area contributed by atoms with Crippen LogP contribution in [0.4, 0.5) is 4.79 Å². The van der Waals surface area contributed by atoms with Crippen LogP contribution in [0.2, 0.25) is 0 Å². The van der Waals surface area contributed by atoms with Crippen molar-refractivity contribution in [3.05, 3.63) is 0 Å². The first-order valence-electron chi connectivity index (χ1n) is 6.29. The highest BCUT2D eigenvalue weighted by atomic mass is 16.7. The molecule has 1 heterocycles. The van der Waals surface area contributed by atoms with Gasteiger partial charge in [0.25, 0.3) is 0 Å². The van der Waals surface area contributed by atoms with Gasteiger partial charge < -0.3 is 14.9 Å². The predicted molar refractivity (Wildman–Crippen MR) is 65.8 cm³/mol. The van der Waals surface area contributed by atoms with Crippen molar-refractivity contribution in [1.82, 2.24) is 10.4 Å². The van der Waals surface area contributed by atoms with Crippen molar-refractivity contribution < 1.29 is 19.2 Å². The third-order valence-corrected chi connectivity index (χ3v) is 2.29. The Kier molecular flexibility index (Phi) is 5.40. The second kappa shape index (κ2) is 6.58. The normalized spacial score (nSPS) is 16.4. The van der Waals surface area contributed by atoms with Gasteiger partial charge in [0.1, 0.15) is 5.60 Å². The van der Waals surface area contributed by atoms with Gasteiger partial charge in [0.15, 0.2) is 0 Å². The molecule has 1 aliphatic rings. The Morgan fingerprint density at radius 1 is 1.22 bits per heavy atom. The van der Waals surface area contributed by atoms with E-state index < -0.39 is 11.7 Å². The summed E-state index contributed by atoms with van der Waals surface area (Å²) < 4.78 is 5.04. The summed E-state index contributed by atoms with van der Waals surface area (Å²) in [5, 5.41) is 4.18. The van der Waals surface area contributed by atoms with Crippen LogP contribution in [0, 0.1) is 0 Å². The fourth-order valence-electron chi connectivity index (χ4n) is 1.55. The molecule has 0 radical (unpaired) electrons. The highest BCUT2D eigenvalue weighted by Gasteiger charge is 2.18. The molecule has 1 amide bonds. The summed E-state index contributed by atoms with van der Waals surface area (Å²) in [5.41, 5.74) is -0.528. The zero-order chi connectivity index (χ0) is 13.6. The molecule has 0 atom stereocenters. The fraction of sp³-hybridized carbons (Fsp3) is 0.833. The van der Waals surface area contributed by atoms with E-state index in [4.69, 9.17) is 9.57 Å². The summed E-state index contributed by atoms with van der Waals surface area (Å²) in [6, 6.07) is 0. The van der Waals surface area contributed by atoms with Crippen molar-refractivity contribution in [2.45, 2.75) is 45.6 Å². The molecule has 0 spiro atoms. The smallest absolute Gasteiger partial charge is 0.407 e. The molecule has 1 fully saturated rings. The van der Waals surface area contributed by atoms with Gasteiger partial charge in [-0.05, 0) is 33.6 Å². The molecule has 18 heavy (non-hydrogen) atoms. The lowest BCUT2D eigenvalue weighted by Crippen LogP contribution is -2.34. The molecule has 1 rings (SSSR count). The van der Waals surface area contributed by atoms with Gasteiger partial charge in [-0.15, -0.1) is 5.06 Å². The molecule has 1 saturated heterocycles. The summed E-state index contributed by atoms with van der Waals surface area (Å²) in [5.74, 6) is -0.326. The number of carbonyl (C=O) groups is 2. The highest BCUT2D eigenvalue weighted by molar-refractivity contribution is 5.71. The van der Waals surface area contributed by atoms with Crippen LogP contribution in [0.5, 0.6) is 0 Å². The molecular formula is C12H22N2O4. The topological polar surface area (TPSA) is 67.9 Å². The summed E-state index contributed by atoms with van der Waals surface area (Å²) in [6.45, 7) is 7.18. The van der Waals surface area contributed by atoms with Crippen molar-refractivity contribution in [3.63, 3.8) is 0 Å². The number of rotatable bonds is 4. The number of alkyl carbamates (subject to hydrolysis) is 1. The molecular weight excluding hydrogens is 236 g/mol. The molecule has 6 heteroatoms. The van der Waals surface area contributed by atoms with Crippen LogP contribution in [0.15, 0.2) is 0 Å². The molecule has 1 N–H and O–H groups in total. The minimum absolute atomic E-state index is 0.149. The summed E-state index contributed by atoms with van der Waals surface area (Å²) >= 11 is 0. The number of carbonyl (C=O) groups excluding carboxylic acids is 2. The van der Waals surface area contributed by atoms with Gasteiger partial charge in [-0.2, -0.15) is 0 Å². The van der Waals surface area contributed by atoms with Gasteiger partial charge in [-0.3, -0.25) is 4.79 Å². The van der Waals surface area contributed by atoms with Crippen LogP contribution in [0.25, 0.3) is 0 Å². The largest absolute Gasteiger partial charge is 0.444 e. The monoisotopic (exact) mass is 258 g/mol. The standard InChI is InChI=1S/C12H22N2O4/c1-12(2,3)17-11(16)13-7-6-10(15)18-14-8-4-5-9-14/h4-9H2,1-3H3,(H,13,16). The van der Waals surface area contributed by atoms with Crippen molar-refractivity contribution >= 4 is 12.1 Å². The summed E-state index contributed by atoms with van der Waals surface area (Å²) in [6.07, 6.45) is 1.75. The number of nitrogens with one attached hydrogen (secondary N) is 1. The van der Waals surface area contributed by atoms with Gasteiger partial charge in [0, 0.05) is 19.6 Å². The van der Waals surface area contributed by atoms with E-state index in [0.717, 1.165) is 25.9 Å². The number of amides is 1. The van der Waals surface area contributed by atoms with Crippen molar-refractivity contribution in [1.29, 1.82) is 0 Å². The second-order valence-corrected chi connectivity index (χ2v) is 5.28. The Hall–Kier alpha value is -1.30. The number of hydrogen-bond acceptors (Lipinski definition) is 5. The molecule has 0 aromatic heterocycles. The number of hydroxylamine groups is 2. The molecule has 1 aliphatic heterocycles. The lowest BCUT2D eigenvalue weighted by atomic mass is 10.2. The maximum absolute atomic E-state index is 11.4. The van der Waals surface area contributed by atoms with Gasteiger partial charge in [0.05, 0.1) is 6.42 Å². The van der Waals surface area contributed by atoms with Crippen LogP contribution in [-0.4, -0.2) is 42.4 Å². The number of hydrogen-bond donors (Lipinski definition) is 1. The Labute approximate surface area is 108 Å². The van der Waals surface area contributed by atoms with Gasteiger partial charge in [0.2, 0.25) is 0 Å². The molecule has 6 nitrogen and oxygen atoms in total. The molecule has 104 valence electrons. The van der Waals surface area contributed by atoms with Crippen LogP contribution in [0.3, 0.4) is 0 Å². The van der Waals surface area contributed by atoms with E-state index in [9.17, 15) is 9.59 Å². The number of nitrogens with zero attached hydrogens (tertiary/aromatic N) is 1. The highest BCUT2D eigenvalue weighted by Crippen LogP contribution is 2.08. The Bertz CT molecular complexity index is 293. The molecule has 0 saturated carbocycles. The third kappa shape index (κ3) is 6.44. The van der Waals surface area contributed by atoms with Crippen LogP contribution in [-0.2, 0) is 14.4 Å². The van der Waals surface area contributed by atoms with Gasteiger partial charge in [-0.1, -0.05) is 0 Å². The average molecular weight is 258 g/mol. The second-order valence-electron chi connectivity index (χ2n) is 5.28. The first-order valence-corrected chi connectivity index (χ1v) is 6.29. The van der Waals surface area contributed by atoms with Crippen molar-refractivity contribution in [3.8, 4) is 0 Å². The van der Waals surface area contributed by atoms with E-state index in [1.165, 1.54) is 0 Å². The number of ether oxygens (including phenoxy) is 1. The minimum atomic E-state index is -0.528. The zero-order valence-corrected chi connectivity index (χ0v) is 11.3.